The molecule has 3 nitrogen and oxygen atoms in total. The Kier molecular flexibility index (Phi) is 6.75. The van der Waals surface area contributed by atoms with Crippen LogP contribution in [0.3, 0.4) is 0 Å². The molecule has 0 aromatic rings. The number of carbonyl (C=O) groups is 1. The predicted molar refractivity (Wildman–Crippen MR) is 69.9 cm³/mol. The smallest absolute Gasteiger partial charge is 0.135 e. The van der Waals surface area contributed by atoms with E-state index in [0.29, 0.717) is 18.3 Å². The molecule has 3 unspecified atom stereocenters. The number of ketones is 1. The molecular formula is C14H27NO2. The maximum absolute atomic E-state index is 11.9. The summed E-state index contributed by atoms with van der Waals surface area (Å²) in [6.45, 7) is 4.94. The van der Waals surface area contributed by atoms with Crippen LogP contribution in [0.4, 0.5) is 0 Å². The van der Waals surface area contributed by atoms with Gasteiger partial charge in [-0.3, -0.25) is 4.79 Å². The Hall–Kier alpha value is -0.410. The molecule has 0 aliphatic carbocycles. The minimum absolute atomic E-state index is 0.190. The largest absolute Gasteiger partial charge is 0.378 e. The highest BCUT2D eigenvalue weighted by molar-refractivity contribution is 5.80. The van der Waals surface area contributed by atoms with Crippen LogP contribution >= 0.6 is 0 Å². The monoisotopic (exact) mass is 241 g/mol. The molecule has 0 radical (unpaired) electrons. The summed E-state index contributed by atoms with van der Waals surface area (Å²) in [5.41, 5.74) is 5.69. The first kappa shape index (κ1) is 14.7. The third-order valence-electron chi connectivity index (χ3n) is 3.58. The van der Waals surface area contributed by atoms with Crippen molar-refractivity contribution in [3.8, 4) is 0 Å². The molecule has 1 aliphatic heterocycles. The van der Waals surface area contributed by atoms with Gasteiger partial charge >= 0.3 is 0 Å². The second-order valence-electron chi connectivity index (χ2n) is 5.45. The maximum atomic E-state index is 11.9. The molecule has 0 saturated carbocycles. The van der Waals surface area contributed by atoms with Crippen LogP contribution in [0.5, 0.6) is 0 Å². The Bertz CT molecular complexity index is 222. The molecule has 3 atom stereocenters. The summed E-state index contributed by atoms with van der Waals surface area (Å²) in [5.74, 6) is 0.584. The van der Waals surface area contributed by atoms with Crippen molar-refractivity contribution in [2.24, 2.45) is 11.7 Å². The third-order valence-corrected chi connectivity index (χ3v) is 3.58. The van der Waals surface area contributed by atoms with Crippen molar-refractivity contribution in [1.82, 2.24) is 0 Å². The molecule has 0 aromatic carbocycles. The van der Waals surface area contributed by atoms with Crippen LogP contribution < -0.4 is 5.73 Å². The van der Waals surface area contributed by atoms with E-state index in [9.17, 15) is 4.79 Å². The average molecular weight is 241 g/mol. The zero-order valence-corrected chi connectivity index (χ0v) is 11.3. The Morgan fingerprint density at radius 3 is 2.76 bits per heavy atom. The van der Waals surface area contributed by atoms with Gasteiger partial charge in [0.25, 0.3) is 0 Å². The summed E-state index contributed by atoms with van der Waals surface area (Å²) in [5, 5.41) is 0. The van der Waals surface area contributed by atoms with Gasteiger partial charge in [-0.15, -0.1) is 0 Å². The van der Waals surface area contributed by atoms with Gasteiger partial charge in [-0.1, -0.05) is 13.3 Å². The maximum Gasteiger partial charge on any atom is 0.135 e. The van der Waals surface area contributed by atoms with Gasteiger partial charge in [0, 0.05) is 25.0 Å². The third kappa shape index (κ3) is 6.18. The van der Waals surface area contributed by atoms with Crippen molar-refractivity contribution in [3.05, 3.63) is 0 Å². The van der Waals surface area contributed by atoms with Gasteiger partial charge in [-0.05, 0) is 39.0 Å². The molecule has 1 fully saturated rings. The van der Waals surface area contributed by atoms with E-state index in [4.69, 9.17) is 10.5 Å². The molecule has 1 aliphatic rings. The van der Waals surface area contributed by atoms with E-state index in [0.717, 1.165) is 45.1 Å². The highest BCUT2D eigenvalue weighted by Gasteiger charge is 2.19. The number of rotatable bonds is 8. The van der Waals surface area contributed by atoms with Gasteiger partial charge in [0.05, 0.1) is 6.10 Å². The average Bonchev–Trinajstić information content (AvgIpc) is 2.78. The van der Waals surface area contributed by atoms with Crippen LogP contribution in [-0.2, 0) is 9.53 Å². The topological polar surface area (TPSA) is 52.3 Å². The fraction of sp³-hybridized carbons (Fsp3) is 0.929. The van der Waals surface area contributed by atoms with Crippen molar-refractivity contribution in [1.29, 1.82) is 0 Å². The van der Waals surface area contributed by atoms with E-state index in [1.807, 2.05) is 13.8 Å². The molecule has 0 amide bonds. The van der Waals surface area contributed by atoms with E-state index in [2.05, 4.69) is 0 Å². The van der Waals surface area contributed by atoms with Crippen LogP contribution in [-0.4, -0.2) is 24.5 Å². The number of nitrogens with two attached hydrogens (primary N) is 1. The molecule has 3 heteroatoms. The molecule has 1 rings (SSSR count). The van der Waals surface area contributed by atoms with Gasteiger partial charge in [0.1, 0.15) is 5.78 Å². The first-order valence-corrected chi connectivity index (χ1v) is 6.99. The molecule has 0 aromatic heterocycles. The predicted octanol–water partition coefficient (Wildman–Crippen LogP) is 2.67. The summed E-state index contributed by atoms with van der Waals surface area (Å²) < 4.78 is 5.53. The molecular weight excluding hydrogens is 214 g/mol. The Morgan fingerprint density at radius 1 is 1.41 bits per heavy atom. The van der Waals surface area contributed by atoms with E-state index in [-0.39, 0.29) is 12.0 Å². The van der Waals surface area contributed by atoms with E-state index >= 15 is 0 Å². The second-order valence-corrected chi connectivity index (χ2v) is 5.45. The quantitative estimate of drug-likeness (QED) is 0.711. The fourth-order valence-electron chi connectivity index (χ4n) is 2.33. The van der Waals surface area contributed by atoms with E-state index in [1.54, 1.807) is 0 Å². The van der Waals surface area contributed by atoms with Gasteiger partial charge in [-0.25, -0.2) is 0 Å². The lowest BCUT2D eigenvalue weighted by Gasteiger charge is -2.13. The van der Waals surface area contributed by atoms with Gasteiger partial charge in [0.15, 0.2) is 0 Å². The minimum Gasteiger partial charge on any atom is -0.378 e. The first-order chi connectivity index (χ1) is 8.09. The van der Waals surface area contributed by atoms with Crippen molar-refractivity contribution in [3.63, 3.8) is 0 Å². The van der Waals surface area contributed by atoms with E-state index < -0.39 is 0 Å². The lowest BCUT2D eigenvalue weighted by molar-refractivity contribution is -0.123. The Balaban J connectivity index is 2.08. The standard InChI is InChI=1S/C14H27NO2/c1-11(5-3-6-12(2)15)14(16)9-8-13-7-4-10-17-13/h11-13H,3-10,15H2,1-2H3. The Labute approximate surface area is 105 Å². The molecule has 1 heterocycles. The molecule has 1 saturated heterocycles. The summed E-state index contributed by atoms with van der Waals surface area (Å²) in [7, 11) is 0. The second kappa shape index (κ2) is 7.83. The van der Waals surface area contributed by atoms with Crippen molar-refractivity contribution in [2.75, 3.05) is 6.61 Å². The van der Waals surface area contributed by atoms with Crippen molar-refractivity contribution in [2.45, 2.75) is 70.9 Å². The summed E-state index contributed by atoms with van der Waals surface area (Å²) in [4.78, 5) is 11.9. The van der Waals surface area contributed by atoms with E-state index in [1.165, 1.54) is 0 Å². The highest BCUT2D eigenvalue weighted by atomic mass is 16.5. The van der Waals surface area contributed by atoms with Crippen LogP contribution in [0.25, 0.3) is 0 Å². The number of Topliss-reactive ketones (excluding diaryl/α,β-unsaturated/α-hetero) is 1. The molecule has 0 spiro atoms. The fourth-order valence-corrected chi connectivity index (χ4v) is 2.33. The lowest BCUT2D eigenvalue weighted by atomic mass is 9.94. The Morgan fingerprint density at radius 2 is 2.18 bits per heavy atom. The van der Waals surface area contributed by atoms with Crippen LogP contribution in [0.2, 0.25) is 0 Å². The minimum atomic E-state index is 0.190. The number of ether oxygens (including phenoxy) is 1. The highest BCUT2D eigenvalue weighted by Crippen LogP contribution is 2.19. The molecule has 17 heavy (non-hydrogen) atoms. The molecule has 2 N–H and O–H groups in total. The summed E-state index contributed by atoms with van der Waals surface area (Å²) >= 11 is 0. The normalized spacial score (nSPS) is 23.6. The van der Waals surface area contributed by atoms with Gasteiger partial charge < -0.3 is 10.5 Å². The molecule has 100 valence electrons. The van der Waals surface area contributed by atoms with Crippen molar-refractivity contribution < 1.29 is 9.53 Å². The van der Waals surface area contributed by atoms with Crippen LogP contribution in [0.1, 0.15) is 58.8 Å². The molecule has 0 bridgehead atoms. The number of carbonyl (C=O) groups excluding carboxylic acids is 1. The SMILES string of the molecule is CC(N)CCCC(C)C(=O)CCC1CCCO1. The summed E-state index contributed by atoms with van der Waals surface area (Å²) in [6, 6.07) is 0.254. The number of hydrogen-bond donors (Lipinski definition) is 1. The number of hydrogen-bond acceptors (Lipinski definition) is 3. The zero-order chi connectivity index (χ0) is 12.7. The first-order valence-electron chi connectivity index (χ1n) is 6.99. The summed E-state index contributed by atoms with van der Waals surface area (Å²) in [6.07, 6.45) is 7.28. The van der Waals surface area contributed by atoms with Gasteiger partial charge in [-0.2, -0.15) is 0 Å². The van der Waals surface area contributed by atoms with Crippen LogP contribution in [0.15, 0.2) is 0 Å². The van der Waals surface area contributed by atoms with Gasteiger partial charge in [0.2, 0.25) is 0 Å². The van der Waals surface area contributed by atoms with Crippen LogP contribution in [0, 0.1) is 5.92 Å². The van der Waals surface area contributed by atoms with Crippen molar-refractivity contribution >= 4 is 5.78 Å². The lowest BCUT2D eigenvalue weighted by Crippen LogP contribution is -2.17. The zero-order valence-electron chi connectivity index (χ0n) is 11.3.